The van der Waals surface area contributed by atoms with Crippen molar-refractivity contribution in [2.45, 2.75) is 45.1 Å². The zero-order valence-corrected chi connectivity index (χ0v) is 17.8. The van der Waals surface area contributed by atoms with Crippen LogP contribution in [0.1, 0.15) is 41.9 Å². The lowest BCUT2D eigenvalue weighted by atomic mass is 9.95. The second kappa shape index (κ2) is 8.32. The Bertz CT molecular complexity index is 1110. The molecule has 1 aliphatic heterocycles. The molecule has 1 fully saturated rings. The Kier molecular flexibility index (Phi) is 5.39. The van der Waals surface area contributed by atoms with Gasteiger partial charge in [-0.3, -0.25) is 14.5 Å². The number of nitrogens with one attached hydrogen (secondary N) is 2. The third-order valence-electron chi connectivity index (χ3n) is 6.25. The Hall–Kier alpha value is -2.51. The summed E-state index contributed by atoms with van der Waals surface area (Å²) in [4.78, 5) is 37.6. The summed E-state index contributed by atoms with van der Waals surface area (Å²) in [5.74, 6) is 0.858. The van der Waals surface area contributed by atoms with E-state index in [0.717, 1.165) is 66.9 Å². The van der Waals surface area contributed by atoms with Crippen LogP contribution in [0.3, 0.4) is 0 Å². The molecule has 7 heteroatoms. The van der Waals surface area contributed by atoms with Crippen LogP contribution in [0.4, 0.5) is 5.69 Å². The molecule has 0 bridgehead atoms. The second-order valence-electron chi connectivity index (χ2n) is 8.31. The summed E-state index contributed by atoms with van der Waals surface area (Å²) in [6, 6.07) is 9.61. The SMILES string of the molecule is O=C(Nc1ccccc1)C1CCN(Cc2nc3sc4c(c3c(=O)[nH]2)CCCC4)CC1. The first-order valence-corrected chi connectivity index (χ1v) is 11.6. The van der Waals surface area contributed by atoms with E-state index >= 15 is 0 Å². The second-order valence-corrected chi connectivity index (χ2v) is 9.39. The van der Waals surface area contributed by atoms with Crippen LogP contribution in [0.2, 0.25) is 0 Å². The van der Waals surface area contributed by atoms with E-state index in [-0.39, 0.29) is 17.4 Å². The number of benzene rings is 1. The molecule has 5 rings (SSSR count). The minimum atomic E-state index is 0.00604. The highest BCUT2D eigenvalue weighted by molar-refractivity contribution is 7.18. The Morgan fingerprint density at radius 3 is 2.73 bits per heavy atom. The number of H-pyrrole nitrogens is 1. The first-order valence-electron chi connectivity index (χ1n) is 10.8. The molecule has 1 amide bonds. The number of carbonyl (C=O) groups is 1. The molecule has 0 saturated carbocycles. The van der Waals surface area contributed by atoms with Gasteiger partial charge in [-0.05, 0) is 69.3 Å². The number of hydrogen-bond acceptors (Lipinski definition) is 5. The molecule has 0 radical (unpaired) electrons. The van der Waals surface area contributed by atoms with Crippen molar-refractivity contribution in [3.63, 3.8) is 0 Å². The van der Waals surface area contributed by atoms with Crippen molar-refractivity contribution in [1.29, 1.82) is 0 Å². The molecule has 3 heterocycles. The topological polar surface area (TPSA) is 78.1 Å². The Labute approximate surface area is 179 Å². The third-order valence-corrected chi connectivity index (χ3v) is 7.43. The molecular weight excluding hydrogens is 396 g/mol. The maximum absolute atomic E-state index is 12.7. The van der Waals surface area contributed by atoms with E-state index in [1.807, 2.05) is 30.3 Å². The molecule has 0 unspecified atom stereocenters. The van der Waals surface area contributed by atoms with E-state index in [1.165, 1.54) is 16.9 Å². The number of amides is 1. The van der Waals surface area contributed by atoms with Gasteiger partial charge in [-0.1, -0.05) is 18.2 Å². The molecule has 6 nitrogen and oxygen atoms in total. The zero-order chi connectivity index (χ0) is 20.5. The molecule has 2 aliphatic rings. The smallest absolute Gasteiger partial charge is 0.259 e. The molecule has 2 aromatic heterocycles. The van der Waals surface area contributed by atoms with Crippen molar-refractivity contribution >= 4 is 33.1 Å². The first-order chi connectivity index (χ1) is 14.7. The predicted molar refractivity (Wildman–Crippen MR) is 120 cm³/mol. The zero-order valence-electron chi connectivity index (χ0n) is 16.9. The van der Waals surface area contributed by atoms with Crippen LogP contribution in [0, 0.1) is 5.92 Å². The van der Waals surface area contributed by atoms with E-state index in [0.29, 0.717) is 6.54 Å². The highest BCUT2D eigenvalue weighted by Crippen LogP contribution is 2.33. The van der Waals surface area contributed by atoms with E-state index in [4.69, 9.17) is 4.98 Å². The lowest BCUT2D eigenvalue weighted by Crippen LogP contribution is -2.38. The van der Waals surface area contributed by atoms with E-state index in [9.17, 15) is 9.59 Å². The number of aryl methyl sites for hydroxylation is 2. The van der Waals surface area contributed by atoms with E-state index < -0.39 is 0 Å². The maximum atomic E-state index is 12.7. The molecule has 0 atom stereocenters. The molecule has 2 N–H and O–H groups in total. The van der Waals surface area contributed by atoms with E-state index in [1.54, 1.807) is 11.3 Å². The van der Waals surface area contributed by atoms with Gasteiger partial charge in [-0.25, -0.2) is 4.98 Å². The molecule has 30 heavy (non-hydrogen) atoms. The van der Waals surface area contributed by atoms with Gasteiger partial charge in [-0.15, -0.1) is 11.3 Å². The molecule has 1 aromatic carbocycles. The summed E-state index contributed by atoms with van der Waals surface area (Å²) >= 11 is 1.69. The number of anilines is 1. The summed E-state index contributed by atoms with van der Waals surface area (Å²) in [7, 11) is 0. The van der Waals surface area contributed by atoms with Gasteiger partial charge < -0.3 is 10.3 Å². The highest BCUT2D eigenvalue weighted by Gasteiger charge is 2.26. The van der Waals surface area contributed by atoms with Crippen molar-refractivity contribution in [3.8, 4) is 0 Å². The van der Waals surface area contributed by atoms with Crippen LogP contribution >= 0.6 is 11.3 Å². The van der Waals surface area contributed by atoms with Gasteiger partial charge in [0.2, 0.25) is 5.91 Å². The molecule has 1 saturated heterocycles. The van der Waals surface area contributed by atoms with Crippen LogP contribution < -0.4 is 10.9 Å². The van der Waals surface area contributed by atoms with Crippen molar-refractivity contribution < 1.29 is 4.79 Å². The quantitative estimate of drug-likeness (QED) is 0.672. The fourth-order valence-corrected chi connectivity index (χ4v) is 5.90. The molecule has 0 spiro atoms. The van der Waals surface area contributed by atoms with Gasteiger partial charge in [0.15, 0.2) is 0 Å². The summed E-state index contributed by atoms with van der Waals surface area (Å²) < 4.78 is 0. The summed E-state index contributed by atoms with van der Waals surface area (Å²) in [6.07, 6.45) is 6.07. The minimum Gasteiger partial charge on any atom is -0.326 e. The highest BCUT2D eigenvalue weighted by atomic mass is 32.1. The standard InChI is InChI=1S/C23H26N4O2S/c28-21(24-16-6-2-1-3-7-16)15-10-12-27(13-11-15)14-19-25-22(29)20-17-8-4-5-9-18(17)30-23(20)26-19/h1-3,6-7,15H,4-5,8-14H2,(H,24,28)(H,25,26,29). The average molecular weight is 423 g/mol. The van der Waals surface area contributed by atoms with Crippen molar-refractivity contribution in [1.82, 2.24) is 14.9 Å². The van der Waals surface area contributed by atoms with Gasteiger partial charge in [0.05, 0.1) is 11.9 Å². The lowest BCUT2D eigenvalue weighted by molar-refractivity contribution is -0.121. The monoisotopic (exact) mass is 422 g/mol. The average Bonchev–Trinajstić information content (AvgIpc) is 3.14. The van der Waals surface area contributed by atoms with Gasteiger partial charge in [0, 0.05) is 16.5 Å². The molecule has 156 valence electrons. The third kappa shape index (κ3) is 3.91. The van der Waals surface area contributed by atoms with Crippen molar-refractivity contribution in [3.05, 3.63) is 57.0 Å². The fourth-order valence-electron chi connectivity index (χ4n) is 4.61. The lowest BCUT2D eigenvalue weighted by Gasteiger charge is -2.30. The predicted octanol–water partition coefficient (Wildman–Crippen LogP) is 3.71. The van der Waals surface area contributed by atoms with Gasteiger partial charge in [0.1, 0.15) is 10.7 Å². The fraction of sp³-hybridized carbons (Fsp3) is 0.435. The van der Waals surface area contributed by atoms with Crippen LogP contribution in [0.15, 0.2) is 35.1 Å². The van der Waals surface area contributed by atoms with Crippen LogP contribution in [-0.4, -0.2) is 33.9 Å². The number of likely N-dealkylation sites (tertiary alicyclic amines) is 1. The number of piperidine rings is 1. The number of thiophene rings is 1. The number of aromatic nitrogens is 2. The minimum absolute atomic E-state index is 0.00604. The van der Waals surface area contributed by atoms with Crippen LogP contribution in [-0.2, 0) is 24.2 Å². The van der Waals surface area contributed by atoms with E-state index in [2.05, 4.69) is 15.2 Å². The number of fused-ring (bicyclic) bond motifs is 3. The number of hydrogen-bond donors (Lipinski definition) is 2. The van der Waals surface area contributed by atoms with Crippen molar-refractivity contribution in [2.75, 3.05) is 18.4 Å². The number of nitrogens with zero attached hydrogens (tertiary/aromatic N) is 2. The summed E-state index contributed by atoms with van der Waals surface area (Å²) in [6.45, 7) is 2.28. The Morgan fingerprint density at radius 1 is 1.17 bits per heavy atom. The maximum Gasteiger partial charge on any atom is 0.259 e. The Balaban J connectivity index is 1.23. The van der Waals surface area contributed by atoms with Gasteiger partial charge in [0.25, 0.3) is 5.56 Å². The Morgan fingerprint density at radius 2 is 1.93 bits per heavy atom. The number of carbonyl (C=O) groups excluding carboxylic acids is 1. The van der Waals surface area contributed by atoms with Crippen LogP contribution in [0.25, 0.3) is 10.2 Å². The normalized spacial score (nSPS) is 17.7. The van der Waals surface area contributed by atoms with Gasteiger partial charge >= 0.3 is 0 Å². The number of para-hydroxylation sites is 1. The summed E-state index contributed by atoms with van der Waals surface area (Å²) in [5, 5.41) is 3.83. The molecule has 1 aliphatic carbocycles. The van der Waals surface area contributed by atoms with Crippen LogP contribution in [0.5, 0.6) is 0 Å². The summed E-state index contributed by atoms with van der Waals surface area (Å²) in [5.41, 5.74) is 2.08. The largest absolute Gasteiger partial charge is 0.326 e. The first kappa shape index (κ1) is 19.5. The van der Waals surface area contributed by atoms with Crippen molar-refractivity contribution in [2.24, 2.45) is 5.92 Å². The number of aromatic amines is 1. The molecular formula is C23H26N4O2S. The van der Waals surface area contributed by atoms with Gasteiger partial charge in [-0.2, -0.15) is 0 Å². The molecule has 3 aromatic rings. The number of rotatable bonds is 4.